The Morgan fingerprint density at radius 2 is 1.91 bits per heavy atom. The molecule has 1 aliphatic heterocycles. The Bertz CT molecular complexity index is 703. The van der Waals surface area contributed by atoms with Crippen LogP contribution in [0.3, 0.4) is 0 Å². The predicted molar refractivity (Wildman–Crippen MR) is 95.9 cm³/mol. The summed E-state index contributed by atoms with van der Waals surface area (Å²) in [5, 5.41) is 3.20. The van der Waals surface area contributed by atoms with E-state index in [-0.39, 0.29) is 5.91 Å². The van der Waals surface area contributed by atoms with Crippen LogP contribution in [-0.2, 0) is 17.8 Å². The Balaban J connectivity index is 1.61. The summed E-state index contributed by atoms with van der Waals surface area (Å²) in [5.41, 5.74) is 3.54. The zero-order valence-electron chi connectivity index (χ0n) is 12.0. The fourth-order valence-electron chi connectivity index (χ4n) is 2.62. The third kappa shape index (κ3) is 3.52. The molecule has 0 spiro atoms. The highest BCUT2D eigenvalue weighted by molar-refractivity contribution is 9.11. The summed E-state index contributed by atoms with van der Waals surface area (Å²) in [4.78, 5) is 14.3. The van der Waals surface area contributed by atoms with E-state index >= 15 is 0 Å². The van der Waals surface area contributed by atoms with Crippen molar-refractivity contribution in [2.45, 2.75) is 13.0 Å². The maximum Gasteiger partial charge on any atom is 0.242 e. The topological polar surface area (TPSA) is 32.3 Å². The van der Waals surface area contributed by atoms with Gasteiger partial charge in [-0.3, -0.25) is 4.79 Å². The zero-order chi connectivity index (χ0) is 15.5. The molecule has 0 saturated heterocycles. The number of carbonyl (C=O) groups is 1. The number of fused-ring (bicyclic) bond motifs is 1. The van der Waals surface area contributed by atoms with Gasteiger partial charge in [-0.05, 0) is 51.7 Å². The van der Waals surface area contributed by atoms with E-state index in [0.717, 1.165) is 27.6 Å². The molecule has 1 N–H and O–H groups in total. The third-order valence-corrected chi connectivity index (χ3v) is 4.99. The normalized spacial score (nSPS) is 13.6. The highest BCUT2D eigenvalue weighted by Gasteiger charge is 2.20. The van der Waals surface area contributed by atoms with Crippen molar-refractivity contribution in [3.63, 3.8) is 0 Å². The summed E-state index contributed by atoms with van der Waals surface area (Å²) >= 11 is 6.92. The van der Waals surface area contributed by atoms with E-state index in [0.29, 0.717) is 13.1 Å². The fourth-order valence-corrected chi connectivity index (χ4v) is 3.81. The number of hydrogen-bond acceptors (Lipinski definition) is 2. The van der Waals surface area contributed by atoms with Crippen LogP contribution >= 0.6 is 31.9 Å². The van der Waals surface area contributed by atoms with Gasteiger partial charge in [0.05, 0.1) is 6.54 Å². The number of halogens is 2. The highest BCUT2D eigenvalue weighted by atomic mass is 79.9. The van der Waals surface area contributed by atoms with Crippen molar-refractivity contribution in [3.8, 4) is 0 Å². The van der Waals surface area contributed by atoms with Crippen LogP contribution < -0.4 is 5.32 Å². The van der Waals surface area contributed by atoms with Gasteiger partial charge in [-0.2, -0.15) is 0 Å². The minimum Gasteiger partial charge on any atom is -0.375 e. The number of amides is 1. The maximum absolute atomic E-state index is 12.4. The van der Waals surface area contributed by atoms with Crippen LogP contribution in [-0.4, -0.2) is 23.9 Å². The maximum atomic E-state index is 12.4. The van der Waals surface area contributed by atoms with E-state index in [9.17, 15) is 4.79 Å². The van der Waals surface area contributed by atoms with Gasteiger partial charge in [0.25, 0.3) is 0 Å². The SMILES string of the molecule is O=C(CNc1ccc(Br)cc1Br)N1CCc2ccccc2C1. The Kier molecular flexibility index (Phi) is 4.84. The Morgan fingerprint density at radius 3 is 2.68 bits per heavy atom. The second-order valence-electron chi connectivity index (χ2n) is 5.31. The van der Waals surface area contributed by atoms with E-state index in [2.05, 4.69) is 55.4 Å². The van der Waals surface area contributed by atoms with Crippen LogP contribution in [0.15, 0.2) is 51.4 Å². The highest BCUT2D eigenvalue weighted by Crippen LogP contribution is 2.26. The Hall–Kier alpha value is -1.33. The monoisotopic (exact) mass is 422 g/mol. The van der Waals surface area contributed by atoms with Crippen molar-refractivity contribution in [3.05, 3.63) is 62.5 Å². The van der Waals surface area contributed by atoms with Crippen molar-refractivity contribution < 1.29 is 4.79 Å². The van der Waals surface area contributed by atoms with E-state index in [1.54, 1.807) is 0 Å². The van der Waals surface area contributed by atoms with Crippen molar-refractivity contribution in [1.82, 2.24) is 4.90 Å². The lowest BCUT2D eigenvalue weighted by molar-refractivity contribution is -0.130. The van der Waals surface area contributed by atoms with E-state index in [4.69, 9.17) is 0 Å². The van der Waals surface area contributed by atoms with Crippen LogP contribution in [0.5, 0.6) is 0 Å². The van der Waals surface area contributed by atoms with Gasteiger partial charge in [-0.25, -0.2) is 0 Å². The van der Waals surface area contributed by atoms with E-state index in [1.165, 1.54) is 11.1 Å². The first-order valence-corrected chi connectivity index (χ1v) is 8.75. The van der Waals surface area contributed by atoms with Gasteiger partial charge < -0.3 is 10.2 Å². The molecule has 0 aliphatic carbocycles. The lowest BCUT2D eigenvalue weighted by atomic mass is 10.00. The molecule has 2 aromatic rings. The molecule has 22 heavy (non-hydrogen) atoms. The first-order chi connectivity index (χ1) is 10.6. The van der Waals surface area contributed by atoms with Gasteiger partial charge in [-0.1, -0.05) is 40.2 Å². The van der Waals surface area contributed by atoms with E-state index in [1.807, 2.05) is 29.2 Å². The second kappa shape index (κ2) is 6.84. The van der Waals surface area contributed by atoms with Gasteiger partial charge in [0.15, 0.2) is 0 Å². The lowest BCUT2D eigenvalue weighted by Crippen LogP contribution is -2.39. The van der Waals surface area contributed by atoms with Gasteiger partial charge in [-0.15, -0.1) is 0 Å². The third-order valence-electron chi connectivity index (χ3n) is 3.84. The zero-order valence-corrected chi connectivity index (χ0v) is 15.2. The quantitative estimate of drug-likeness (QED) is 0.801. The van der Waals surface area contributed by atoms with Crippen LogP contribution in [0, 0.1) is 0 Å². The number of carbonyl (C=O) groups excluding carboxylic acids is 1. The predicted octanol–water partition coefficient (Wildman–Crippen LogP) is 4.21. The number of nitrogens with zero attached hydrogens (tertiary/aromatic N) is 1. The second-order valence-corrected chi connectivity index (χ2v) is 7.08. The molecule has 1 heterocycles. The average Bonchev–Trinajstić information content (AvgIpc) is 2.53. The molecule has 0 unspecified atom stereocenters. The van der Waals surface area contributed by atoms with Crippen molar-refractivity contribution in [1.29, 1.82) is 0 Å². The number of anilines is 1. The summed E-state index contributed by atoms with van der Waals surface area (Å²) in [5.74, 6) is 0.129. The summed E-state index contributed by atoms with van der Waals surface area (Å²) in [7, 11) is 0. The van der Waals surface area contributed by atoms with Gasteiger partial charge in [0, 0.05) is 27.7 Å². The molecule has 3 rings (SSSR count). The molecule has 2 aromatic carbocycles. The fraction of sp³-hybridized carbons (Fsp3) is 0.235. The average molecular weight is 424 g/mol. The lowest BCUT2D eigenvalue weighted by Gasteiger charge is -2.29. The molecule has 0 fully saturated rings. The summed E-state index contributed by atoms with van der Waals surface area (Å²) in [6, 6.07) is 14.2. The van der Waals surface area contributed by atoms with Gasteiger partial charge >= 0.3 is 0 Å². The number of nitrogens with one attached hydrogen (secondary N) is 1. The molecule has 0 radical (unpaired) electrons. The standard InChI is InChI=1S/C17H16Br2N2O/c18-14-5-6-16(15(19)9-14)20-10-17(22)21-8-7-12-3-1-2-4-13(12)11-21/h1-6,9,20H,7-8,10-11H2. The van der Waals surface area contributed by atoms with Crippen molar-refractivity contribution in [2.75, 3.05) is 18.4 Å². The molecule has 0 atom stereocenters. The van der Waals surface area contributed by atoms with Crippen LogP contribution in [0.4, 0.5) is 5.69 Å². The molecule has 5 heteroatoms. The van der Waals surface area contributed by atoms with Gasteiger partial charge in [0.1, 0.15) is 0 Å². The summed E-state index contributed by atoms with van der Waals surface area (Å²) in [6.07, 6.45) is 0.934. The first kappa shape index (κ1) is 15.6. The molecule has 3 nitrogen and oxygen atoms in total. The molecule has 0 bridgehead atoms. The van der Waals surface area contributed by atoms with Crippen molar-refractivity contribution >= 4 is 43.5 Å². The first-order valence-electron chi connectivity index (χ1n) is 7.17. The van der Waals surface area contributed by atoms with Crippen molar-refractivity contribution in [2.24, 2.45) is 0 Å². The summed E-state index contributed by atoms with van der Waals surface area (Å²) < 4.78 is 1.95. The molecular formula is C17H16Br2N2O. The molecule has 114 valence electrons. The molecular weight excluding hydrogens is 408 g/mol. The Labute approximate surface area is 147 Å². The molecule has 1 aliphatic rings. The van der Waals surface area contributed by atoms with Gasteiger partial charge in [0.2, 0.25) is 5.91 Å². The minimum atomic E-state index is 0.129. The van der Waals surface area contributed by atoms with Crippen LogP contribution in [0.25, 0.3) is 0 Å². The number of rotatable bonds is 3. The number of hydrogen-bond donors (Lipinski definition) is 1. The van der Waals surface area contributed by atoms with E-state index < -0.39 is 0 Å². The Morgan fingerprint density at radius 1 is 1.14 bits per heavy atom. The molecule has 0 aromatic heterocycles. The summed E-state index contributed by atoms with van der Waals surface area (Å²) in [6.45, 7) is 1.81. The minimum absolute atomic E-state index is 0.129. The smallest absolute Gasteiger partial charge is 0.242 e. The van der Waals surface area contributed by atoms with Crippen LogP contribution in [0.1, 0.15) is 11.1 Å². The largest absolute Gasteiger partial charge is 0.375 e. The number of benzene rings is 2. The molecule has 1 amide bonds. The molecule has 0 saturated carbocycles. The van der Waals surface area contributed by atoms with Crippen LogP contribution in [0.2, 0.25) is 0 Å².